The van der Waals surface area contributed by atoms with Crippen LogP contribution in [0.5, 0.6) is 0 Å². The van der Waals surface area contributed by atoms with E-state index in [4.69, 9.17) is 5.48 Å². The van der Waals surface area contributed by atoms with Crippen LogP contribution in [-0.2, 0) is 19.8 Å². The molecule has 1 aromatic heterocycles. The van der Waals surface area contributed by atoms with Crippen LogP contribution in [0.25, 0.3) is 22.4 Å². The molecule has 0 atom stereocenters. The van der Waals surface area contributed by atoms with Gasteiger partial charge in [-0.05, 0) is 66.4 Å². The summed E-state index contributed by atoms with van der Waals surface area (Å²) in [6.45, 7) is 9.69. The summed E-state index contributed by atoms with van der Waals surface area (Å²) < 4.78 is 36.7. The summed E-state index contributed by atoms with van der Waals surface area (Å²) in [7, 11) is 1.92. The van der Waals surface area contributed by atoms with Gasteiger partial charge < -0.3 is 0 Å². The van der Waals surface area contributed by atoms with Gasteiger partial charge in [-0.3, -0.25) is 0 Å². The molecule has 0 N–H and O–H groups in total. The van der Waals surface area contributed by atoms with Gasteiger partial charge in [-0.2, -0.15) is 0 Å². The van der Waals surface area contributed by atoms with E-state index in [1.165, 1.54) is 5.56 Å². The highest BCUT2D eigenvalue weighted by Crippen LogP contribution is 2.32. The molecule has 0 aliphatic heterocycles. The average molecular weight is 377 g/mol. The highest BCUT2D eigenvalue weighted by molar-refractivity contribution is 5.75. The molecule has 0 amide bonds. The minimum Gasteiger partial charge on any atom is -0.201 e. The largest absolute Gasteiger partial charge is 0.212 e. The molecule has 0 aliphatic carbocycles. The van der Waals surface area contributed by atoms with Gasteiger partial charge >= 0.3 is 0 Å². The third-order valence-corrected chi connectivity index (χ3v) is 5.02. The topological polar surface area (TPSA) is 3.88 Å². The van der Waals surface area contributed by atoms with Gasteiger partial charge in [0, 0.05) is 22.7 Å². The summed E-state index contributed by atoms with van der Waals surface area (Å²) in [5, 5.41) is 0. The van der Waals surface area contributed by atoms with Crippen molar-refractivity contribution in [2.24, 2.45) is 13.0 Å². The van der Waals surface area contributed by atoms with Crippen LogP contribution in [0, 0.1) is 19.8 Å². The predicted octanol–water partition coefficient (Wildman–Crippen LogP) is 6.61. The summed E-state index contributed by atoms with van der Waals surface area (Å²) in [4.78, 5) is 0. The van der Waals surface area contributed by atoms with E-state index >= 15 is 0 Å². The van der Waals surface area contributed by atoms with Crippen molar-refractivity contribution in [1.82, 2.24) is 0 Å². The SMILES string of the molecule is [2H]C([2H])(CC)c1c[n+](C)c(-c2cc(-c3ccccc3)c(C)cc2C)cc1C([2H])([2H])C(C)C. The van der Waals surface area contributed by atoms with Crippen molar-refractivity contribution in [2.45, 2.75) is 53.8 Å². The highest BCUT2D eigenvalue weighted by Gasteiger charge is 2.19. The van der Waals surface area contributed by atoms with Gasteiger partial charge in [-0.15, -0.1) is 0 Å². The fourth-order valence-corrected chi connectivity index (χ4v) is 3.74. The Morgan fingerprint density at radius 2 is 1.61 bits per heavy atom. The molecule has 0 aliphatic rings. The van der Waals surface area contributed by atoms with Crippen molar-refractivity contribution in [3.63, 3.8) is 0 Å². The molecule has 146 valence electrons. The normalized spacial score (nSPS) is 14.4. The third kappa shape index (κ3) is 4.35. The Labute approximate surface area is 176 Å². The van der Waals surface area contributed by atoms with Crippen molar-refractivity contribution >= 4 is 0 Å². The number of rotatable bonds is 6. The zero-order valence-electron chi connectivity index (χ0n) is 21.9. The Morgan fingerprint density at radius 3 is 2.25 bits per heavy atom. The van der Waals surface area contributed by atoms with Crippen LogP contribution in [-0.4, -0.2) is 0 Å². The van der Waals surface area contributed by atoms with Crippen molar-refractivity contribution in [2.75, 3.05) is 0 Å². The zero-order valence-corrected chi connectivity index (χ0v) is 17.9. The molecular weight excluding hydrogens is 338 g/mol. The van der Waals surface area contributed by atoms with E-state index in [0.29, 0.717) is 11.1 Å². The molecule has 0 unspecified atom stereocenters. The van der Waals surface area contributed by atoms with Crippen LogP contribution in [0.1, 0.15) is 54.9 Å². The maximum Gasteiger partial charge on any atom is 0.212 e. The number of benzene rings is 2. The molecule has 0 bridgehead atoms. The van der Waals surface area contributed by atoms with Crippen LogP contribution < -0.4 is 4.57 Å². The summed E-state index contributed by atoms with van der Waals surface area (Å²) in [6.07, 6.45) is -1.18. The quantitative estimate of drug-likeness (QED) is 0.426. The van der Waals surface area contributed by atoms with Crippen molar-refractivity contribution in [3.05, 3.63) is 77.0 Å². The predicted molar refractivity (Wildman–Crippen MR) is 121 cm³/mol. The Kier molecular flexibility index (Phi) is 4.83. The lowest BCUT2D eigenvalue weighted by atomic mass is 9.91. The maximum absolute atomic E-state index is 8.80. The van der Waals surface area contributed by atoms with Gasteiger partial charge in [-0.25, -0.2) is 4.57 Å². The molecule has 0 saturated carbocycles. The minimum absolute atomic E-state index is 0.284. The summed E-state index contributed by atoms with van der Waals surface area (Å²) in [5.41, 5.74) is 7.37. The molecule has 3 rings (SSSR count). The van der Waals surface area contributed by atoms with Gasteiger partial charge in [0.2, 0.25) is 5.69 Å². The van der Waals surface area contributed by atoms with E-state index in [9.17, 15) is 0 Å². The van der Waals surface area contributed by atoms with Crippen molar-refractivity contribution < 1.29 is 10.1 Å². The summed E-state index contributed by atoms with van der Waals surface area (Å²) in [6, 6.07) is 16.5. The minimum atomic E-state index is -1.65. The molecule has 0 spiro atoms. The van der Waals surface area contributed by atoms with Crippen molar-refractivity contribution in [1.29, 1.82) is 0 Å². The average Bonchev–Trinajstić information content (AvgIpc) is 2.74. The summed E-state index contributed by atoms with van der Waals surface area (Å²) >= 11 is 0. The molecule has 3 aromatic rings. The maximum atomic E-state index is 8.80. The fourth-order valence-electron chi connectivity index (χ4n) is 3.74. The summed E-state index contributed by atoms with van der Waals surface area (Å²) in [5.74, 6) is -0.284. The molecule has 1 nitrogen and oxygen atoms in total. The molecule has 1 heteroatoms. The van der Waals surface area contributed by atoms with Gasteiger partial charge in [0.1, 0.15) is 7.05 Å². The number of hydrogen-bond donors (Lipinski definition) is 0. The molecule has 28 heavy (non-hydrogen) atoms. The van der Waals surface area contributed by atoms with Gasteiger partial charge in [0.05, 0.1) is 0 Å². The first-order valence-corrected chi connectivity index (χ1v) is 10.1. The molecule has 0 saturated heterocycles. The van der Waals surface area contributed by atoms with Crippen LogP contribution >= 0.6 is 0 Å². The second-order valence-corrected chi connectivity index (χ2v) is 7.77. The number of aryl methyl sites for hydroxylation is 4. The molecule has 0 fully saturated rings. The van der Waals surface area contributed by atoms with Crippen LogP contribution in [0.4, 0.5) is 0 Å². The lowest BCUT2D eigenvalue weighted by molar-refractivity contribution is -0.660. The van der Waals surface area contributed by atoms with Crippen LogP contribution in [0.15, 0.2) is 54.7 Å². The van der Waals surface area contributed by atoms with Crippen LogP contribution in [0.3, 0.4) is 0 Å². The second-order valence-electron chi connectivity index (χ2n) is 7.77. The molecular formula is C27H34N+. The Morgan fingerprint density at radius 1 is 0.929 bits per heavy atom. The van der Waals surface area contributed by atoms with Gasteiger partial charge in [0.15, 0.2) is 6.20 Å². The monoisotopic (exact) mass is 376 g/mol. The third-order valence-electron chi connectivity index (χ3n) is 5.02. The van der Waals surface area contributed by atoms with E-state index in [1.807, 2.05) is 49.7 Å². The first-order valence-electron chi connectivity index (χ1n) is 12.1. The van der Waals surface area contributed by atoms with E-state index < -0.39 is 12.7 Å². The Balaban J connectivity index is 2.32. The number of hydrogen-bond acceptors (Lipinski definition) is 0. The first-order chi connectivity index (χ1) is 14.9. The molecule has 1 heterocycles. The highest BCUT2D eigenvalue weighted by atomic mass is 14.9. The molecule has 2 aromatic carbocycles. The van der Waals surface area contributed by atoms with E-state index in [-0.39, 0.29) is 12.3 Å². The lowest BCUT2D eigenvalue weighted by Gasteiger charge is -2.15. The Bertz CT molecular complexity index is 1120. The van der Waals surface area contributed by atoms with Crippen LogP contribution in [0.2, 0.25) is 0 Å². The lowest BCUT2D eigenvalue weighted by Crippen LogP contribution is -2.32. The zero-order chi connectivity index (χ0) is 23.8. The van der Waals surface area contributed by atoms with Gasteiger partial charge in [-0.1, -0.05) is 63.6 Å². The standard InChI is InChI=1S/C27H34N/c1-7-11-23-18-28(6)27(16-24(23)14-19(2)3)26-17-25(20(4)15-21(26)5)22-12-9-8-10-13-22/h8-10,12-13,15-19H,7,11,14H2,1-6H3/q+1/i11D2,14D2. The number of aromatic nitrogens is 1. The Hall–Kier alpha value is -2.41. The molecule has 0 radical (unpaired) electrons. The van der Waals surface area contributed by atoms with Gasteiger partial charge in [0.25, 0.3) is 0 Å². The smallest absolute Gasteiger partial charge is 0.201 e. The second kappa shape index (κ2) is 8.73. The number of nitrogens with zero attached hydrogens (tertiary/aromatic N) is 1. The number of pyridine rings is 1. The van der Waals surface area contributed by atoms with Crippen molar-refractivity contribution in [3.8, 4) is 22.4 Å². The fraction of sp³-hybridized carbons (Fsp3) is 0.370. The van der Waals surface area contributed by atoms with E-state index in [1.54, 1.807) is 13.1 Å². The van der Waals surface area contributed by atoms with E-state index in [0.717, 1.165) is 27.9 Å². The first kappa shape index (κ1) is 15.5. The van der Waals surface area contributed by atoms with E-state index in [2.05, 4.69) is 38.1 Å².